The molecule has 36 heavy (non-hydrogen) atoms. The van der Waals surface area contributed by atoms with Crippen LogP contribution in [0.3, 0.4) is 0 Å². The number of aliphatic hydroxyl groups is 1. The third-order valence-electron chi connectivity index (χ3n) is 11.3. The third-order valence-corrected chi connectivity index (χ3v) is 16.8. The largest absolute Gasteiger partial charge is 0.462 e. The van der Waals surface area contributed by atoms with Crippen LogP contribution >= 0.6 is 35.3 Å². The molecule has 3 fully saturated rings. The second kappa shape index (κ2) is 11.4. The zero-order valence-electron chi connectivity index (χ0n) is 23.7. The molecule has 0 unspecified atom stereocenters. The summed E-state index contributed by atoms with van der Waals surface area (Å²) in [5.74, 6) is 3.74. The van der Waals surface area contributed by atoms with Crippen LogP contribution in [0.15, 0.2) is 11.6 Å². The summed E-state index contributed by atoms with van der Waals surface area (Å²) in [5, 5.41) is 11.1. The summed E-state index contributed by atoms with van der Waals surface area (Å²) in [6.07, 6.45) is 20.6. The zero-order chi connectivity index (χ0) is 26.3. The summed E-state index contributed by atoms with van der Waals surface area (Å²) in [4.78, 5) is 11.5. The standard InChI is InChI=1S/C30H50O3S3/c1-19(8-13-27(32)30(34-5,35-6)36-7)24-11-12-25-23-10-9-21-18-22(33-20(2)31)14-16-28(21,3)26(23)15-17-29(24,25)4/h9,19,22-27,32H,8,10-18H2,1-7H3/t19-,22+,23+,24-,25+,26+,27+,28+,29-/m1/s1. The van der Waals surface area contributed by atoms with Crippen molar-refractivity contribution in [1.82, 2.24) is 0 Å². The predicted octanol–water partition coefficient (Wildman–Crippen LogP) is 8.02. The second-order valence-corrected chi connectivity index (χ2v) is 16.7. The van der Waals surface area contributed by atoms with Crippen LogP contribution in [0.2, 0.25) is 0 Å². The minimum Gasteiger partial charge on any atom is -0.462 e. The van der Waals surface area contributed by atoms with E-state index in [1.54, 1.807) is 47.8 Å². The average molecular weight is 555 g/mol. The molecule has 4 aliphatic rings. The van der Waals surface area contributed by atoms with Crippen LogP contribution in [0, 0.1) is 40.4 Å². The Hall–Kier alpha value is 0.220. The lowest BCUT2D eigenvalue weighted by molar-refractivity contribution is -0.148. The smallest absolute Gasteiger partial charge is 0.302 e. The number of hydrogen-bond donors (Lipinski definition) is 1. The molecule has 1 N–H and O–H groups in total. The molecule has 0 saturated heterocycles. The number of allylic oxidation sites excluding steroid dienone is 1. The summed E-state index contributed by atoms with van der Waals surface area (Å²) < 4.78 is 5.48. The Labute approximate surface area is 233 Å². The summed E-state index contributed by atoms with van der Waals surface area (Å²) in [6.45, 7) is 9.19. The van der Waals surface area contributed by atoms with Gasteiger partial charge in [0.2, 0.25) is 0 Å². The van der Waals surface area contributed by atoms with Gasteiger partial charge in [-0.2, -0.15) is 0 Å². The van der Waals surface area contributed by atoms with Gasteiger partial charge in [-0.15, -0.1) is 35.3 Å². The van der Waals surface area contributed by atoms with Gasteiger partial charge in [0.05, 0.1) is 6.10 Å². The van der Waals surface area contributed by atoms with E-state index >= 15 is 0 Å². The molecular formula is C30H50O3S3. The fraction of sp³-hybridized carbons (Fsp3) is 0.900. The Bertz CT molecular complexity index is 818. The van der Waals surface area contributed by atoms with Crippen molar-refractivity contribution in [3.8, 4) is 0 Å². The molecule has 4 rings (SSSR count). The highest BCUT2D eigenvalue weighted by atomic mass is 32.3. The highest BCUT2D eigenvalue weighted by molar-refractivity contribution is 8.33. The van der Waals surface area contributed by atoms with Crippen LogP contribution in [0.4, 0.5) is 0 Å². The minimum atomic E-state index is -0.273. The lowest BCUT2D eigenvalue weighted by Gasteiger charge is -2.58. The fourth-order valence-electron chi connectivity index (χ4n) is 9.39. The number of fused-ring (bicyclic) bond motifs is 5. The molecule has 3 saturated carbocycles. The van der Waals surface area contributed by atoms with Gasteiger partial charge in [0.25, 0.3) is 0 Å². The number of aliphatic hydroxyl groups excluding tert-OH is 1. The first-order valence-electron chi connectivity index (χ1n) is 14.2. The van der Waals surface area contributed by atoms with Crippen LogP contribution in [-0.4, -0.2) is 45.5 Å². The van der Waals surface area contributed by atoms with Crippen molar-refractivity contribution in [2.75, 3.05) is 18.8 Å². The molecule has 0 aromatic carbocycles. The maximum absolute atomic E-state index is 11.5. The summed E-state index contributed by atoms with van der Waals surface area (Å²) in [6, 6.07) is 0. The van der Waals surface area contributed by atoms with Crippen LogP contribution in [0.5, 0.6) is 0 Å². The number of carbonyl (C=O) groups excluding carboxylic acids is 1. The average Bonchev–Trinajstić information content (AvgIpc) is 3.21. The molecule has 0 spiro atoms. The van der Waals surface area contributed by atoms with Gasteiger partial charge in [-0.25, -0.2) is 0 Å². The van der Waals surface area contributed by atoms with E-state index in [1.807, 2.05) is 0 Å². The predicted molar refractivity (Wildman–Crippen MR) is 158 cm³/mol. The first-order chi connectivity index (χ1) is 17.0. The molecule has 9 atom stereocenters. The number of carbonyl (C=O) groups is 1. The Morgan fingerprint density at radius 2 is 1.78 bits per heavy atom. The van der Waals surface area contributed by atoms with E-state index in [9.17, 15) is 9.90 Å². The van der Waals surface area contributed by atoms with E-state index in [4.69, 9.17) is 4.74 Å². The molecule has 3 nitrogen and oxygen atoms in total. The molecule has 6 heteroatoms. The third kappa shape index (κ3) is 5.08. The first kappa shape index (κ1) is 29.2. The molecule has 0 aromatic heterocycles. The van der Waals surface area contributed by atoms with Crippen molar-refractivity contribution in [3.63, 3.8) is 0 Å². The van der Waals surface area contributed by atoms with Gasteiger partial charge in [0.1, 0.15) is 9.52 Å². The minimum absolute atomic E-state index is 0.0846. The van der Waals surface area contributed by atoms with Crippen molar-refractivity contribution in [1.29, 1.82) is 0 Å². The van der Waals surface area contributed by atoms with Crippen molar-refractivity contribution < 1.29 is 14.6 Å². The van der Waals surface area contributed by atoms with E-state index in [-0.39, 0.29) is 21.6 Å². The summed E-state index contributed by atoms with van der Waals surface area (Å²) in [7, 11) is 0. The quantitative estimate of drug-likeness (QED) is 0.177. The number of hydrogen-bond acceptors (Lipinski definition) is 6. The lowest BCUT2D eigenvalue weighted by Crippen LogP contribution is -2.51. The van der Waals surface area contributed by atoms with Crippen molar-refractivity contribution >= 4 is 41.3 Å². The van der Waals surface area contributed by atoms with E-state index in [2.05, 4.69) is 45.6 Å². The van der Waals surface area contributed by atoms with Crippen molar-refractivity contribution in [3.05, 3.63) is 11.6 Å². The van der Waals surface area contributed by atoms with Crippen LogP contribution in [0.25, 0.3) is 0 Å². The number of thioether (sulfide) groups is 3. The van der Waals surface area contributed by atoms with Gasteiger partial charge >= 0.3 is 5.97 Å². The molecular weight excluding hydrogens is 505 g/mol. The van der Waals surface area contributed by atoms with E-state index < -0.39 is 0 Å². The lowest BCUT2D eigenvalue weighted by atomic mass is 9.47. The number of rotatable bonds is 9. The molecule has 0 radical (unpaired) electrons. The van der Waals surface area contributed by atoms with E-state index in [1.165, 1.54) is 38.5 Å². The monoisotopic (exact) mass is 554 g/mol. The van der Waals surface area contributed by atoms with Crippen LogP contribution in [0.1, 0.15) is 91.9 Å². The Balaban J connectivity index is 1.43. The Morgan fingerprint density at radius 1 is 1.08 bits per heavy atom. The highest BCUT2D eigenvalue weighted by Crippen LogP contribution is 2.67. The van der Waals surface area contributed by atoms with Gasteiger partial charge < -0.3 is 9.84 Å². The molecule has 0 amide bonds. The zero-order valence-corrected chi connectivity index (χ0v) is 26.1. The molecule has 0 aliphatic heterocycles. The Morgan fingerprint density at radius 3 is 2.42 bits per heavy atom. The SMILES string of the molecule is CSC(SC)(SC)[C@@H](O)CC[C@@H](C)[C@H]1CC[C@H]2[C@@H]3CC=C4C[C@@H](OC(C)=O)CC[C@]4(C)[C@H]3CC[C@]12C. The van der Waals surface area contributed by atoms with Gasteiger partial charge in [0, 0.05) is 13.3 Å². The first-order valence-corrected chi connectivity index (χ1v) is 17.9. The number of ether oxygens (including phenoxy) is 1. The van der Waals surface area contributed by atoms with E-state index in [0.29, 0.717) is 16.7 Å². The summed E-state index contributed by atoms with van der Waals surface area (Å²) >= 11 is 5.39. The van der Waals surface area contributed by atoms with Crippen molar-refractivity contribution in [2.45, 2.75) is 108 Å². The van der Waals surface area contributed by atoms with Gasteiger partial charge in [-0.3, -0.25) is 4.79 Å². The fourth-order valence-corrected chi connectivity index (χ4v) is 12.6. The molecule has 0 heterocycles. The van der Waals surface area contributed by atoms with Gasteiger partial charge in [-0.1, -0.05) is 32.4 Å². The van der Waals surface area contributed by atoms with Crippen LogP contribution in [-0.2, 0) is 9.53 Å². The van der Waals surface area contributed by atoms with Gasteiger partial charge in [-0.05, 0) is 117 Å². The molecule has 206 valence electrons. The molecule has 0 aromatic rings. The topological polar surface area (TPSA) is 46.5 Å². The van der Waals surface area contributed by atoms with Crippen molar-refractivity contribution in [2.24, 2.45) is 40.4 Å². The normalized spacial score (nSPS) is 39.9. The maximum atomic E-state index is 11.5. The maximum Gasteiger partial charge on any atom is 0.302 e. The molecule has 4 aliphatic carbocycles. The Kier molecular flexibility index (Phi) is 9.23. The van der Waals surface area contributed by atoms with E-state index in [0.717, 1.165) is 49.4 Å². The molecule has 0 bridgehead atoms. The number of esters is 1. The highest BCUT2D eigenvalue weighted by Gasteiger charge is 2.59. The second-order valence-electron chi connectivity index (χ2n) is 12.7. The summed E-state index contributed by atoms with van der Waals surface area (Å²) in [5.41, 5.74) is 2.32. The van der Waals surface area contributed by atoms with Gasteiger partial charge in [0.15, 0.2) is 0 Å². The van der Waals surface area contributed by atoms with Crippen LogP contribution < -0.4 is 0 Å².